The van der Waals surface area contributed by atoms with E-state index in [-0.39, 0.29) is 23.9 Å². The molecular weight excluding hydrogens is 272 g/mol. The van der Waals surface area contributed by atoms with Crippen LogP contribution in [0.25, 0.3) is 0 Å². The van der Waals surface area contributed by atoms with Gasteiger partial charge in [0.05, 0.1) is 24.8 Å². The molecule has 1 aromatic rings. The number of aromatic nitrogens is 1. The van der Waals surface area contributed by atoms with Crippen LogP contribution in [0.15, 0.2) is 18.3 Å². The number of carboxylic acid groups (broad SMARTS) is 1. The van der Waals surface area contributed by atoms with Gasteiger partial charge in [0.15, 0.2) is 0 Å². The minimum atomic E-state index is -1.13. The van der Waals surface area contributed by atoms with Crippen molar-refractivity contribution in [3.05, 3.63) is 29.0 Å². The third kappa shape index (κ3) is 2.54. The molecule has 7 heteroatoms. The Kier molecular flexibility index (Phi) is 3.73. The fourth-order valence-corrected chi connectivity index (χ4v) is 2.08. The molecule has 2 unspecified atom stereocenters. The summed E-state index contributed by atoms with van der Waals surface area (Å²) in [5, 5.41) is 11.9. The highest BCUT2D eigenvalue weighted by atomic mass is 35.5. The summed E-state index contributed by atoms with van der Waals surface area (Å²) >= 11 is 5.82. The molecule has 0 aliphatic carbocycles. The number of ether oxygens (including phenoxy) is 1. The number of halogens is 1. The Morgan fingerprint density at radius 3 is 3.00 bits per heavy atom. The Morgan fingerprint density at radius 2 is 2.37 bits per heavy atom. The normalized spacial score (nSPS) is 26.1. The number of aliphatic carboxylic acids is 1. The van der Waals surface area contributed by atoms with Gasteiger partial charge in [-0.3, -0.25) is 9.59 Å². The maximum absolute atomic E-state index is 12.0. The van der Waals surface area contributed by atoms with E-state index in [2.05, 4.69) is 10.3 Å². The molecule has 2 rings (SSSR count). The summed E-state index contributed by atoms with van der Waals surface area (Å²) in [4.78, 5) is 27.1. The predicted octanol–water partition coefficient (Wildman–Crippen LogP) is 0.954. The molecule has 1 aliphatic heterocycles. The number of nitrogens with zero attached hydrogens (tertiary/aromatic N) is 1. The first kappa shape index (κ1) is 13.8. The summed E-state index contributed by atoms with van der Waals surface area (Å²) < 4.78 is 5.16. The van der Waals surface area contributed by atoms with Crippen molar-refractivity contribution in [2.45, 2.75) is 13.0 Å². The predicted molar refractivity (Wildman–Crippen MR) is 67.1 cm³/mol. The molecule has 102 valence electrons. The van der Waals surface area contributed by atoms with Crippen molar-refractivity contribution in [1.82, 2.24) is 10.3 Å². The number of carbonyl (C=O) groups is 2. The van der Waals surface area contributed by atoms with Crippen LogP contribution in [-0.4, -0.2) is 41.2 Å². The zero-order chi connectivity index (χ0) is 14.0. The van der Waals surface area contributed by atoms with Gasteiger partial charge in [-0.15, -0.1) is 0 Å². The Labute approximate surface area is 114 Å². The number of carbonyl (C=O) groups excluding carboxylic acids is 1. The quantitative estimate of drug-likeness (QED) is 0.807. The lowest BCUT2D eigenvalue weighted by Crippen LogP contribution is -2.49. The SMILES string of the molecule is CC1(C(=O)O)COCC1NC(=O)c1cccnc1Cl. The van der Waals surface area contributed by atoms with Crippen molar-refractivity contribution in [3.8, 4) is 0 Å². The Hall–Kier alpha value is -1.66. The highest BCUT2D eigenvalue weighted by Gasteiger charge is 2.47. The molecule has 2 atom stereocenters. The van der Waals surface area contributed by atoms with Crippen LogP contribution in [0.5, 0.6) is 0 Å². The topological polar surface area (TPSA) is 88.5 Å². The number of hydrogen-bond donors (Lipinski definition) is 2. The third-order valence-electron chi connectivity index (χ3n) is 3.25. The molecule has 0 aromatic carbocycles. The Bertz CT molecular complexity index is 522. The van der Waals surface area contributed by atoms with Crippen molar-refractivity contribution >= 4 is 23.5 Å². The maximum Gasteiger partial charge on any atom is 0.313 e. The van der Waals surface area contributed by atoms with E-state index >= 15 is 0 Å². The van der Waals surface area contributed by atoms with Gasteiger partial charge in [-0.1, -0.05) is 11.6 Å². The second kappa shape index (κ2) is 5.14. The minimum absolute atomic E-state index is 0.0635. The highest BCUT2D eigenvalue weighted by molar-refractivity contribution is 6.32. The van der Waals surface area contributed by atoms with Gasteiger partial charge in [0.25, 0.3) is 5.91 Å². The van der Waals surface area contributed by atoms with Gasteiger partial charge in [0.1, 0.15) is 10.6 Å². The molecule has 2 N–H and O–H groups in total. The Balaban J connectivity index is 2.16. The molecule has 1 fully saturated rings. The van der Waals surface area contributed by atoms with E-state index in [1.165, 1.54) is 19.2 Å². The highest BCUT2D eigenvalue weighted by Crippen LogP contribution is 2.29. The number of carboxylic acids is 1. The van der Waals surface area contributed by atoms with Gasteiger partial charge >= 0.3 is 5.97 Å². The lowest BCUT2D eigenvalue weighted by molar-refractivity contribution is -0.148. The summed E-state index contributed by atoms with van der Waals surface area (Å²) in [5.74, 6) is -1.46. The molecule has 1 aromatic heterocycles. The first-order chi connectivity index (χ1) is 8.95. The zero-order valence-electron chi connectivity index (χ0n) is 10.2. The van der Waals surface area contributed by atoms with Crippen molar-refractivity contribution in [3.63, 3.8) is 0 Å². The van der Waals surface area contributed by atoms with E-state index in [4.69, 9.17) is 16.3 Å². The first-order valence-electron chi connectivity index (χ1n) is 5.67. The molecule has 0 spiro atoms. The molecule has 0 saturated carbocycles. The van der Waals surface area contributed by atoms with Crippen LogP contribution < -0.4 is 5.32 Å². The smallest absolute Gasteiger partial charge is 0.313 e. The molecule has 2 heterocycles. The van der Waals surface area contributed by atoms with E-state index < -0.39 is 23.3 Å². The number of amides is 1. The minimum Gasteiger partial charge on any atom is -0.481 e. The van der Waals surface area contributed by atoms with Crippen molar-refractivity contribution in [2.75, 3.05) is 13.2 Å². The van der Waals surface area contributed by atoms with E-state index in [1.54, 1.807) is 6.07 Å². The van der Waals surface area contributed by atoms with Gasteiger partial charge in [0.2, 0.25) is 0 Å². The number of hydrogen-bond acceptors (Lipinski definition) is 4. The first-order valence-corrected chi connectivity index (χ1v) is 6.05. The summed E-state index contributed by atoms with van der Waals surface area (Å²) in [6.45, 7) is 1.76. The van der Waals surface area contributed by atoms with Gasteiger partial charge < -0.3 is 15.2 Å². The van der Waals surface area contributed by atoms with Crippen LogP contribution in [0, 0.1) is 5.41 Å². The molecule has 1 saturated heterocycles. The van der Waals surface area contributed by atoms with E-state index in [0.29, 0.717) is 0 Å². The van der Waals surface area contributed by atoms with E-state index in [1.807, 2.05) is 0 Å². The largest absolute Gasteiger partial charge is 0.481 e. The van der Waals surface area contributed by atoms with Crippen LogP contribution in [0.4, 0.5) is 0 Å². The molecule has 19 heavy (non-hydrogen) atoms. The van der Waals surface area contributed by atoms with Crippen LogP contribution in [0.3, 0.4) is 0 Å². The third-order valence-corrected chi connectivity index (χ3v) is 3.55. The molecule has 0 bridgehead atoms. The summed E-state index contributed by atoms with van der Waals surface area (Å²) in [6.07, 6.45) is 1.47. The zero-order valence-corrected chi connectivity index (χ0v) is 11.0. The number of nitrogens with one attached hydrogen (secondary N) is 1. The van der Waals surface area contributed by atoms with Crippen LogP contribution >= 0.6 is 11.6 Å². The lowest BCUT2D eigenvalue weighted by Gasteiger charge is -2.25. The fraction of sp³-hybridized carbons (Fsp3) is 0.417. The van der Waals surface area contributed by atoms with Crippen molar-refractivity contribution in [2.24, 2.45) is 5.41 Å². The molecule has 6 nitrogen and oxygen atoms in total. The second-order valence-corrected chi connectivity index (χ2v) is 4.96. The summed E-state index contributed by atoms with van der Waals surface area (Å²) in [7, 11) is 0. The average molecular weight is 285 g/mol. The monoisotopic (exact) mass is 284 g/mol. The fourth-order valence-electron chi connectivity index (χ4n) is 1.88. The van der Waals surface area contributed by atoms with E-state index in [0.717, 1.165) is 0 Å². The number of rotatable bonds is 3. The lowest BCUT2D eigenvalue weighted by atomic mass is 9.85. The maximum atomic E-state index is 12.0. The molecule has 1 amide bonds. The van der Waals surface area contributed by atoms with Crippen LogP contribution in [-0.2, 0) is 9.53 Å². The second-order valence-electron chi connectivity index (χ2n) is 4.61. The summed E-state index contributed by atoms with van der Waals surface area (Å²) in [6, 6.07) is 2.51. The van der Waals surface area contributed by atoms with Crippen molar-refractivity contribution < 1.29 is 19.4 Å². The standard InChI is InChI=1S/C12H13ClN2O4/c1-12(11(17)18)6-19-5-8(12)15-10(16)7-3-2-4-14-9(7)13/h2-4,8H,5-6H2,1H3,(H,15,16)(H,17,18). The summed E-state index contributed by atoms with van der Waals surface area (Å²) in [5.41, 5.74) is -0.923. The van der Waals surface area contributed by atoms with Crippen LogP contribution in [0.2, 0.25) is 5.15 Å². The number of pyridine rings is 1. The molecule has 0 radical (unpaired) electrons. The molecular formula is C12H13ClN2O4. The van der Waals surface area contributed by atoms with Gasteiger partial charge in [-0.25, -0.2) is 4.98 Å². The van der Waals surface area contributed by atoms with Gasteiger partial charge in [0, 0.05) is 6.20 Å². The van der Waals surface area contributed by atoms with E-state index in [9.17, 15) is 14.7 Å². The van der Waals surface area contributed by atoms with Crippen LogP contribution in [0.1, 0.15) is 17.3 Å². The van der Waals surface area contributed by atoms with Crippen molar-refractivity contribution in [1.29, 1.82) is 0 Å². The Morgan fingerprint density at radius 1 is 1.63 bits per heavy atom. The molecule has 1 aliphatic rings. The average Bonchev–Trinajstić information content (AvgIpc) is 2.73. The van der Waals surface area contributed by atoms with Gasteiger partial charge in [-0.05, 0) is 19.1 Å². The van der Waals surface area contributed by atoms with Gasteiger partial charge in [-0.2, -0.15) is 0 Å².